The monoisotopic (exact) mass is 394 g/mol. The largest absolute Gasteiger partial charge is 0.379 e. The van der Waals surface area contributed by atoms with Gasteiger partial charge in [0, 0.05) is 12.8 Å². The minimum absolute atomic E-state index is 0.223. The maximum atomic E-state index is 9.72. The molecule has 166 valence electrons. The Balaban J connectivity index is 1.73. The highest BCUT2D eigenvalue weighted by Crippen LogP contribution is 2.18. The molecule has 0 bridgehead atoms. The summed E-state index contributed by atoms with van der Waals surface area (Å²) in [7, 11) is 0. The molecule has 1 heterocycles. The van der Waals surface area contributed by atoms with E-state index in [0.717, 1.165) is 13.0 Å². The Morgan fingerprint density at radius 2 is 1.14 bits per heavy atom. The first kappa shape index (κ1) is 25.6. The van der Waals surface area contributed by atoms with Crippen LogP contribution in [-0.2, 0) is 0 Å². The summed E-state index contributed by atoms with van der Waals surface area (Å²) in [5.74, 6) is 0. The fourth-order valence-electron chi connectivity index (χ4n) is 4.34. The van der Waals surface area contributed by atoms with Crippen LogP contribution in [0.15, 0.2) is 4.99 Å². The minimum Gasteiger partial charge on any atom is -0.379 e. The van der Waals surface area contributed by atoms with Crippen molar-refractivity contribution >= 4 is 6.21 Å². The second-order valence-electron chi connectivity index (χ2n) is 8.94. The van der Waals surface area contributed by atoms with E-state index in [1.807, 2.05) is 13.1 Å². The fourth-order valence-corrected chi connectivity index (χ4v) is 4.34. The normalized spacial score (nSPS) is 18.2. The summed E-state index contributed by atoms with van der Waals surface area (Å²) in [5.41, 5.74) is 0. The van der Waals surface area contributed by atoms with Crippen molar-refractivity contribution in [2.45, 2.75) is 148 Å². The Morgan fingerprint density at radius 1 is 0.750 bits per heavy atom. The Kier molecular flexibility index (Phi) is 17.0. The molecule has 0 fully saturated rings. The van der Waals surface area contributed by atoms with Crippen molar-refractivity contribution < 1.29 is 5.11 Å². The van der Waals surface area contributed by atoms with Crippen LogP contribution in [0.1, 0.15) is 136 Å². The van der Waals surface area contributed by atoms with Crippen molar-refractivity contribution in [2.75, 3.05) is 6.54 Å². The van der Waals surface area contributed by atoms with Gasteiger partial charge in [0.15, 0.2) is 0 Å². The predicted molar refractivity (Wildman–Crippen MR) is 124 cm³/mol. The van der Waals surface area contributed by atoms with E-state index in [9.17, 15) is 5.11 Å². The Bertz CT molecular complexity index is 356. The summed E-state index contributed by atoms with van der Waals surface area (Å²) in [4.78, 5) is 6.57. The minimum atomic E-state index is -0.372. The number of aliphatic hydroxyl groups excluding tert-OH is 1. The van der Waals surface area contributed by atoms with Crippen LogP contribution in [0, 0.1) is 0 Å². The highest BCUT2D eigenvalue weighted by atomic mass is 16.3. The molecule has 0 aromatic rings. The molecular weight excluding hydrogens is 344 g/mol. The number of hydrogen-bond acceptors (Lipinski definition) is 3. The summed E-state index contributed by atoms with van der Waals surface area (Å²) >= 11 is 0. The molecule has 2 unspecified atom stereocenters. The smallest absolute Gasteiger partial charge is 0.106 e. The maximum absolute atomic E-state index is 9.72. The quantitative estimate of drug-likeness (QED) is 0.217. The molecule has 3 nitrogen and oxygen atoms in total. The lowest BCUT2D eigenvalue weighted by atomic mass is 10.0. The Labute approximate surface area is 176 Å². The van der Waals surface area contributed by atoms with Crippen molar-refractivity contribution in [1.29, 1.82) is 0 Å². The van der Waals surface area contributed by atoms with Crippen LogP contribution >= 0.6 is 0 Å². The van der Waals surface area contributed by atoms with E-state index in [1.165, 1.54) is 116 Å². The maximum Gasteiger partial charge on any atom is 0.106 e. The molecule has 1 rings (SSSR count). The van der Waals surface area contributed by atoms with Gasteiger partial charge in [0.2, 0.25) is 0 Å². The van der Waals surface area contributed by atoms with Crippen molar-refractivity contribution in [3.63, 3.8) is 0 Å². The third-order valence-corrected chi connectivity index (χ3v) is 6.25. The highest BCUT2D eigenvalue weighted by molar-refractivity contribution is 5.62. The van der Waals surface area contributed by atoms with E-state index < -0.39 is 0 Å². The van der Waals surface area contributed by atoms with Gasteiger partial charge in [-0.15, -0.1) is 0 Å². The standard InChI is InChI=1S/C25H50N2O/c1-3-4-5-6-7-8-9-10-11-12-13-14-15-16-17-18-19-20-21-25-26-22-23-27(25)24(2)28/h22,24-25,28H,3-21,23H2,1-2H3. The molecule has 1 N–H and O–H groups in total. The Hall–Kier alpha value is -0.410. The van der Waals surface area contributed by atoms with E-state index in [1.54, 1.807) is 0 Å². The SMILES string of the molecule is CCCCCCCCCCCCCCCCCCCCC1N=CCN1C(C)O. The highest BCUT2D eigenvalue weighted by Gasteiger charge is 2.23. The fraction of sp³-hybridized carbons (Fsp3) is 0.960. The van der Waals surface area contributed by atoms with Crippen molar-refractivity contribution in [2.24, 2.45) is 4.99 Å². The predicted octanol–water partition coefficient (Wildman–Crippen LogP) is 7.47. The van der Waals surface area contributed by atoms with Crippen molar-refractivity contribution in [1.82, 2.24) is 4.90 Å². The van der Waals surface area contributed by atoms with Gasteiger partial charge < -0.3 is 5.11 Å². The van der Waals surface area contributed by atoms with Crippen LogP contribution in [0.2, 0.25) is 0 Å². The molecule has 0 amide bonds. The first-order chi connectivity index (χ1) is 13.8. The lowest BCUT2D eigenvalue weighted by Gasteiger charge is -2.25. The molecular formula is C25H50N2O. The molecule has 2 atom stereocenters. The van der Waals surface area contributed by atoms with Gasteiger partial charge in [-0.3, -0.25) is 9.89 Å². The summed E-state index contributed by atoms with van der Waals surface area (Å²) in [6.07, 6.45) is 28.4. The number of aliphatic imine (C=N–C) groups is 1. The van der Waals surface area contributed by atoms with Gasteiger partial charge in [-0.05, 0) is 19.8 Å². The van der Waals surface area contributed by atoms with E-state index in [2.05, 4.69) is 16.8 Å². The number of nitrogens with zero attached hydrogens (tertiary/aromatic N) is 2. The summed E-state index contributed by atoms with van der Waals surface area (Å²) < 4.78 is 0. The van der Waals surface area contributed by atoms with Crippen molar-refractivity contribution in [3.8, 4) is 0 Å². The van der Waals surface area contributed by atoms with Gasteiger partial charge in [0.1, 0.15) is 12.4 Å². The summed E-state index contributed by atoms with van der Waals surface area (Å²) in [5, 5.41) is 9.72. The molecule has 0 aromatic heterocycles. The molecule has 0 aromatic carbocycles. The van der Waals surface area contributed by atoms with E-state index in [4.69, 9.17) is 0 Å². The van der Waals surface area contributed by atoms with Gasteiger partial charge in [0.25, 0.3) is 0 Å². The molecule has 0 aliphatic carbocycles. The number of unbranched alkanes of at least 4 members (excludes halogenated alkanes) is 17. The average molecular weight is 395 g/mol. The first-order valence-electron chi connectivity index (χ1n) is 12.7. The number of aliphatic hydroxyl groups is 1. The van der Waals surface area contributed by atoms with Crippen LogP contribution in [0.3, 0.4) is 0 Å². The molecule has 0 saturated heterocycles. The topological polar surface area (TPSA) is 35.8 Å². The molecule has 0 spiro atoms. The second kappa shape index (κ2) is 18.6. The zero-order valence-corrected chi connectivity index (χ0v) is 19.2. The molecule has 0 radical (unpaired) electrons. The van der Waals surface area contributed by atoms with E-state index in [-0.39, 0.29) is 12.4 Å². The van der Waals surface area contributed by atoms with Crippen molar-refractivity contribution in [3.05, 3.63) is 0 Å². The van der Waals surface area contributed by atoms with Gasteiger partial charge in [-0.1, -0.05) is 116 Å². The van der Waals surface area contributed by atoms with Gasteiger partial charge in [-0.25, -0.2) is 0 Å². The molecule has 28 heavy (non-hydrogen) atoms. The molecule has 3 heteroatoms. The molecule has 0 saturated carbocycles. The summed E-state index contributed by atoms with van der Waals surface area (Å²) in [6.45, 7) is 4.94. The lowest BCUT2D eigenvalue weighted by molar-refractivity contribution is 0.00710. The number of rotatable bonds is 20. The second-order valence-corrected chi connectivity index (χ2v) is 8.94. The zero-order chi connectivity index (χ0) is 20.3. The molecule has 1 aliphatic heterocycles. The molecule has 1 aliphatic rings. The first-order valence-corrected chi connectivity index (χ1v) is 12.7. The average Bonchev–Trinajstić information content (AvgIpc) is 3.16. The lowest BCUT2D eigenvalue weighted by Crippen LogP contribution is -2.37. The van der Waals surface area contributed by atoms with Gasteiger partial charge >= 0.3 is 0 Å². The van der Waals surface area contributed by atoms with E-state index >= 15 is 0 Å². The van der Waals surface area contributed by atoms with Crippen LogP contribution in [0.25, 0.3) is 0 Å². The van der Waals surface area contributed by atoms with Gasteiger partial charge in [-0.2, -0.15) is 0 Å². The Morgan fingerprint density at radius 3 is 1.54 bits per heavy atom. The summed E-state index contributed by atoms with van der Waals surface area (Å²) in [6, 6.07) is 0. The third-order valence-electron chi connectivity index (χ3n) is 6.25. The zero-order valence-electron chi connectivity index (χ0n) is 19.2. The van der Waals surface area contributed by atoms with E-state index in [0.29, 0.717) is 0 Å². The van der Waals surface area contributed by atoms with Crippen LogP contribution in [0.4, 0.5) is 0 Å². The number of hydrogen-bond donors (Lipinski definition) is 1. The van der Waals surface area contributed by atoms with Crippen LogP contribution in [-0.4, -0.2) is 35.2 Å². The van der Waals surface area contributed by atoms with Crippen LogP contribution in [0.5, 0.6) is 0 Å². The third kappa shape index (κ3) is 13.7. The van der Waals surface area contributed by atoms with Gasteiger partial charge in [0.05, 0.1) is 0 Å². The van der Waals surface area contributed by atoms with Crippen LogP contribution < -0.4 is 0 Å².